The highest BCUT2D eigenvalue weighted by atomic mass is 79.9. The first-order valence-corrected chi connectivity index (χ1v) is 6.87. The van der Waals surface area contributed by atoms with Gasteiger partial charge >= 0.3 is 0 Å². The van der Waals surface area contributed by atoms with Gasteiger partial charge in [-0.3, -0.25) is 4.79 Å². The molecule has 0 aliphatic heterocycles. The summed E-state index contributed by atoms with van der Waals surface area (Å²) >= 11 is 3.32. The molecule has 0 saturated heterocycles. The summed E-state index contributed by atoms with van der Waals surface area (Å²) < 4.78 is 0.933. The molecular formula is C14H16BrN3O. The van der Waals surface area contributed by atoms with Gasteiger partial charge in [0.2, 0.25) is 0 Å². The molecule has 0 heterocycles. The third-order valence-electron chi connectivity index (χ3n) is 2.39. The molecule has 1 aromatic carbocycles. The van der Waals surface area contributed by atoms with E-state index in [-0.39, 0.29) is 5.57 Å². The summed E-state index contributed by atoms with van der Waals surface area (Å²) in [5, 5.41) is 14.6. The minimum atomic E-state index is -0.408. The van der Waals surface area contributed by atoms with Gasteiger partial charge in [-0.15, -0.1) is 0 Å². The van der Waals surface area contributed by atoms with Crippen molar-refractivity contribution in [2.45, 2.75) is 19.8 Å². The number of benzene rings is 1. The number of halogens is 1. The molecule has 0 aliphatic rings. The molecule has 1 amide bonds. The quantitative estimate of drug-likeness (QED) is 0.480. The summed E-state index contributed by atoms with van der Waals surface area (Å²) in [5.74, 6) is -0.408. The Bertz CT molecular complexity index is 488. The lowest BCUT2D eigenvalue weighted by molar-refractivity contribution is -0.112. The molecule has 0 fully saturated rings. The lowest BCUT2D eigenvalue weighted by Gasteiger charge is -2.05. The van der Waals surface area contributed by atoms with Gasteiger partial charge in [-0.2, -0.15) is 5.26 Å². The molecule has 0 atom stereocenters. The van der Waals surface area contributed by atoms with E-state index in [0.29, 0.717) is 5.69 Å². The standard InChI is InChI=1S/C14H16BrN3O/c1-2-3-8-17-10-11(9-16)14(19)18-13-6-4-12(15)5-7-13/h4-7,10,17H,2-3,8H2,1H3,(H,18,19)/b11-10-. The lowest BCUT2D eigenvalue weighted by Crippen LogP contribution is -2.17. The van der Waals surface area contributed by atoms with Gasteiger partial charge in [-0.25, -0.2) is 0 Å². The second kappa shape index (κ2) is 8.33. The number of nitrogens with one attached hydrogen (secondary N) is 2. The van der Waals surface area contributed by atoms with Gasteiger partial charge in [0.15, 0.2) is 0 Å². The maximum absolute atomic E-state index is 11.8. The van der Waals surface area contributed by atoms with E-state index in [9.17, 15) is 4.79 Å². The Hall–Kier alpha value is -1.80. The summed E-state index contributed by atoms with van der Waals surface area (Å²) in [5.41, 5.74) is 0.724. The van der Waals surface area contributed by atoms with Crippen LogP contribution in [0.3, 0.4) is 0 Å². The van der Waals surface area contributed by atoms with Gasteiger partial charge in [-0.05, 0) is 30.7 Å². The fraction of sp³-hybridized carbons (Fsp3) is 0.286. The van der Waals surface area contributed by atoms with Gasteiger partial charge in [0.1, 0.15) is 11.6 Å². The van der Waals surface area contributed by atoms with Crippen LogP contribution in [0.1, 0.15) is 19.8 Å². The number of carbonyl (C=O) groups excluding carboxylic acids is 1. The van der Waals surface area contributed by atoms with E-state index in [1.807, 2.05) is 18.2 Å². The van der Waals surface area contributed by atoms with Crippen molar-refractivity contribution in [3.8, 4) is 6.07 Å². The van der Waals surface area contributed by atoms with Crippen LogP contribution < -0.4 is 10.6 Å². The molecule has 0 unspecified atom stereocenters. The lowest BCUT2D eigenvalue weighted by atomic mass is 10.2. The van der Waals surface area contributed by atoms with Crippen molar-refractivity contribution in [2.24, 2.45) is 0 Å². The number of amides is 1. The minimum absolute atomic E-state index is 0.0685. The van der Waals surface area contributed by atoms with Gasteiger partial charge in [0, 0.05) is 22.9 Å². The number of unbranched alkanes of at least 4 members (excludes halogenated alkanes) is 1. The normalized spacial score (nSPS) is 10.7. The molecule has 0 bridgehead atoms. The van der Waals surface area contributed by atoms with E-state index in [4.69, 9.17) is 5.26 Å². The maximum Gasteiger partial charge on any atom is 0.267 e. The van der Waals surface area contributed by atoms with Crippen molar-refractivity contribution in [2.75, 3.05) is 11.9 Å². The molecule has 4 nitrogen and oxygen atoms in total. The number of nitrogens with zero attached hydrogens (tertiary/aromatic N) is 1. The van der Waals surface area contributed by atoms with Crippen molar-refractivity contribution < 1.29 is 4.79 Å². The first-order valence-electron chi connectivity index (χ1n) is 6.08. The highest BCUT2D eigenvalue weighted by Crippen LogP contribution is 2.14. The predicted molar refractivity (Wildman–Crippen MR) is 79.4 cm³/mol. The monoisotopic (exact) mass is 321 g/mol. The van der Waals surface area contributed by atoms with Crippen LogP contribution in [-0.2, 0) is 4.79 Å². The number of anilines is 1. The molecule has 2 N–H and O–H groups in total. The molecule has 0 saturated carbocycles. The number of rotatable bonds is 6. The third-order valence-corrected chi connectivity index (χ3v) is 2.92. The largest absolute Gasteiger partial charge is 0.390 e. The topological polar surface area (TPSA) is 64.9 Å². The molecule has 0 aliphatic carbocycles. The summed E-state index contributed by atoms with van der Waals surface area (Å²) in [4.78, 5) is 11.8. The molecule has 1 aromatic rings. The van der Waals surface area contributed by atoms with Crippen LogP contribution in [0.2, 0.25) is 0 Å². The smallest absolute Gasteiger partial charge is 0.267 e. The molecule has 0 aromatic heterocycles. The van der Waals surface area contributed by atoms with Crippen molar-refractivity contribution >= 4 is 27.5 Å². The zero-order valence-electron chi connectivity index (χ0n) is 10.7. The van der Waals surface area contributed by atoms with Crippen molar-refractivity contribution in [1.29, 1.82) is 5.26 Å². The Morgan fingerprint density at radius 2 is 2.11 bits per heavy atom. The molecule has 1 rings (SSSR count). The van der Waals surface area contributed by atoms with Gasteiger partial charge < -0.3 is 10.6 Å². The SMILES string of the molecule is CCCCN/C=C(/C#N)C(=O)Nc1ccc(Br)cc1. The van der Waals surface area contributed by atoms with Crippen LogP contribution in [0.25, 0.3) is 0 Å². The van der Waals surface area contributed by atoms with E-state index in [2.05, 4.69) is 33.5 Å². The van der Waals surface area contributed by atoms with Crippen LogP contribution in [0.15, 0.2) is 40.5 Å². The molecule has 0 spiro atoms. The van der Waals surface area contributed by atoms with Gasteiger partial charge in [0.25, 0.3) is 5.91 Å². The van der Waals surface area contributed by atoms with E-state index in [1.54, 1.807) is 12.1 Å². The molecular weight excluding hydrogens is 306 g/mol. The van der Waals surface area contributed by atoms with Crippen molar-refractivity contribution in [3.05, 3.63) is 40.5 Å². The van der Waals surface area contributed by atoms with E-state index >= 15 is 0 Å². The molecule has 5 heteroatoms. The van der Waals surface area contributed by atoms with Gasteiger partial charge in [0.05, 0.1) is 0 Å². The van der Waals surface area contributed by atoms with E-state index < -0.39 is 5.91 Å². The Morgan fingerprint density at radius 1 is 1.42 bits per heavy atom. The summed E-state index contributed by atoms with van der Waals surface area (Å²) in [6.07, 6.45) is 3.53. The Kier molecular flexibility index (Phi) is 6.69. The zero-order chi connectivity index (χ0) is 14.1. The Morgan fingerprint density at radius 3 is 2.68 bits per heavy atom. The number of hydrogen-bond donors (Lipinski definition) is 2. The highest BCUT2D eigenvalue weighted by molar-refractivity contribution is 9.10. The first-order chi connectivity index (χ1) is 9.17. The summed E-state index contributed by atoms with van der Waals surface area (Å²) in [6.45, 7) is 2.84. The predicted octanol–water partition coefficient (Wildman–Crippen LogP) is 3.18. The fourth-order valence-corrected chi connectivity index (χ4v) is 1.60. The molecule has 100 valence electrons. The number of carbonyl (C=O) groups is 1. The van der Waals surface area contributed by atoms with Crippen LogP contribution in [0.5, 0.6) is 0 Å². The van der Waals surface area contributed by atoms with Crippen LogP contribution in [0, 0.1) is 11.3 Å². The maximum atomic E-state index is 11.8. The second-order valence-electron chi connectivity index (χ2n) is 3.94. The van der Waals surface area contributed by atoms with Crippen LogP contribution in [0.4, 0.5) is 5.69 Å². The average molecular weight is 322 g/mol. The Balaban J connectivity index is 2.59. The van der Waals surface area contributed by atoms with E-state index in [1.165, 1.54) is 6.20 Å². The number of hydrogen-bond acceptors (Lipinski definition) is 3. The minimum Gasteiger partial charge on any atom is -0.390 e. The zero-order valence-corrected chi connectivity index (χ0v) is 12.3. The fourth-order valence-electron chi connectivity index (χ4n) is 1.33. The van der Waals surface area contributed by atoms with Crippen LogP contribution in [-0.4, -0.2) is 12.5 Å². The first kappa shape index (κ1) is 15.3. The summed E-state index contributed by atoms with van der Waals surface area (Å²) in [6, 6.07) is 9.07. The summed E-state index contributed by atoms with van der Waals surface area (Å²) in [7, 11) is 0. The number of nitriles is 1. The second-order valence-corrected chi connectivity index (χ2v) is 4.85. The van der Waals surface area contributed by atoms with Crippen LogP contribution >= 0.6 is 15.9 Å². The van der Waals surface area contributed by atoms with Gasteiger partial charge in [-0.1, -0.05) is 29.3 Å². The highest BCUT2D eigenvalue weighted by Gasteiger charge is 2.08. The van der Waals surface area contributed by atoms with Crippen molar-refractivity contribution in [1.82, 2.24) is 5.32 Å². The van der Waals surface area contributed by atoms with Crippen molar-refractivity contribution in [3.63, 3.8) is 0 Å². The van der Waals surface area contributed by atoms with E-state index in [0.717, 1.165) is 23.9 Å². The molecule has 0 radical (unpaired) electrons. The molecule has 19 heavy (non-hydrogen) atoms. The Labute approximate surface area is 121 Å². The average Bonchev–Trinajstić information content (AvgIpc) is 2.41. The third kappa shape index (κ3) is 5.58.